The topological polar surface area (TPSA) is 74.8 Å². The van der Waals surface area contributed by atoms with Crippen molar-refractivity contribution in [3.8, 4) is 11.6 Å². The van der Waals surface area contributed by atoms with Crippen LogP contribution < -0.4 is 0 Å². The predicted octanol–water partition coefficient (Wildman–Crippen LogP) is 4.73. The lowest BCUT2D eigenvalue weighted by Gasteiger charge is -2.11. The zero-order valence-electron chi connectivity index (χ0n) is 17.4. The van der Waals surface area contributed by atoms with Gasteiger partial charge < -0.3 is 10.2 Å². The van der Waals surface area contributed by atoms with Gasteiger partial charge in [0.15, 0.2) is 5.78 Å². The summed E-state index contributed by atoms with van der Waals surface area (Å²) in [7, 11) is 0. The van der Waals surface area contributed by atoms with Gasteiger partial charge in [0, 0.05) is 23.2 Å². The maximum Gasteiger partial charge on any atom is 0.416 e. The number of fused-ring (bicyclic) bond motifs is 1. The number of carbonyl (C=O) groups excluding carboxylic acids is 1. The van der Waals surface area contributed by atoms with Crippen molar-refractivity contribution in [2.24, 2.45) is 4.99 Å². The highest BCUT2D eigenvalue weighted by Gasteiger charge is 2.32. The number of aromatic nitrogens is 1. The number of nitrogens with zero attached hydrogens (tertiary/aromatic N) is 2. The van der Waals surface area contributed by atoms with Gasteiger partial charge in [0.1, 0.15) is 0 Å². The van der Waals surface area contributed by atoms with E-state index in [2.05, 4.69) is 4.99 Å². The largest absolute Gasteiger partial charge is 0.494 e. The minimum Gasteiger partial charge on any atom is -0.494 e. The van der Waals surface area contributed by atoms with E-state index < -0.39 is 11.7 Å². The van der Waals surface area contributed by atoms with Crippen molar-refractivity contribution in [2.75, 3.05) is 13.2 Å². The summed E-state index contributed by atoms with van der Waals surface area (Å²) in [4.78, 5) is 15.9. The summed E-state index contributed by atoms with van der Waals surface area (Å²) >= 11 is 0. The number of alkyl halides is 3. The van der Waals surface area contributed by atoms with Crippen molar-refractivity contribution in [3.05, 3.63) is 58.7 Å². The highest BCUT2D eigenvalue weighted by Crippen LogP contribution is 2.39. The van der Waals surface area contributed by atoms with Crippen LogP contribution in [0.25, 0.3) is 16.6 Å². The molecule has 0 bridgehead atoms. The van der Waals surface area contributed by atoms with Crippen molar-refractivity contribution in [1.82, 2.24) is 4.57 Å². The molecular weight excluding hydrogens is 409 g/mol. The first-order chi connectivity index (χ1) is 14.5. The summed E-state index contributed by atoms with van der Waals surface area (Å²) in [5.74, 6) is -0.533. The molecule has 0 atom stereocenters. The van der Waals surface area contributed by atoms with Crippen LogP contribution in [0.2, 0.25) is 0 Å². The van der Waals surface area contributed by atoms with Crippen LogP contribution in [0.3, 0.4) is 0 Å². The molecule has 5 nitrogen and oxygen atoms in total. The van der Waals surface area contributed by atoms with Crippen LogP contribution in [0.15, 0.2) is 41.4 Å². The van der Waals surface area contributed by atoms with Crippen molar-refractivity contribution < 1.29 is 28.2 Å². The summed E-state index contributed by atoms with van der Waals surface area (Å²) in [5, 5.41) is 20.3. The monoisotopic (exact) mass is 432 g/mol. The zero-order valence-corrected chi connectivity index (χ0v) is 17.4. The molecule has 1 heterocycles. The molecule has 2 N–H and O–H groups in total. The fourth-order valence-corrected chi connectivity index (χ4v) is 3.64. The highest BCUT2D eigenvalue weighted by molar-refractivity contribution is 6.13. The Morgan fingerprint density at radius 3 is 2.32 bits per heavy atom. The van der Waals surface area contributed by atoms with Crippen LogP contribution in [0.1, 0.15) is 35.6 Å². The first kappa shape index (κ1) is 22.6. The van der Waals surface area contributed by atoms with Crippen LogP contribution >= 0.6 is 0 Å². The number of aliphatic hydroxyl groups excluding tert-OH is 1. The number of aliphatic hydroxyl groups is 1. The van der Waals surface area contributed by atoms with Crippen molar-refractivity contribution in [3.63, 3.8) is 0 Å². The summed E-state index contributed by atoms with van der Waals surface area (Å²) in [6.07, 6.45) is -4.58. The number of aliphatic imine (C=N–C) groups is 1. The number of aryl methyl sites for hydroxylation is 2. The second kappa shape index (κ2) is 8.55. The molecule has 0 fully saturated rings. The number of hydrogen-bond donors (Lipinski definition) is 2. The number of benzene rings is 2. The first-order valence-electron chi connectivity index (χ1n) is 9.70. The van der Waals surface area contributed by atoms with Gasteiger partial charge in [-0.3, -0.25) is 14.4 Å². The van der Waals surface area contributed by atoms with Crippen LogP contribution in [0.4, 0.5) is 13.2 Å². The molecule has 0 aliphatic heterocycles. The third kappa shape index (κ3) is 4.64. The number of ketones is 1. The van der Waals surface area contributed by atoms with E-state index in [9.17, 15) is 23.1 Å². The summed E-state index contributed by atoms with van der Waals surface area (Å²) < 4.78 is 41.5. The normalized spacial score (nSPS) is 12.5. The van der Waals surface area contributed by atoms with Gasteiger partial charge in [0.25, 0.3) is 0 Å². The second-order valence-corrected chi connectivity index (χ2v) is 7.52. The lowest BCUT2D eigenvalue weighted by molar-refractivity contribution is -0.137. The standard InChI is InChI=1S/C23H23F3N2O3/c1-13-8-14(2)10-17(9-13)28-20-11-16(23(24,25)26)4-5-19(20)21(22(28)31)15(3)27-12-18(30)6-7-29/h4-5,8-11,29,31H,6-7,12H2,1-3H3. The van der Waals surface area contributed by atoms with E-state index in [1.165, 1.54) is 10.6 Å². The van der Waals surface area contributed by atoms with Crippen LogP contribution in [-0.2, 0) is 11.0 Å². The Balaban J connectivity index is 2.28. The van der Waals surface area contributed by atoms with Crippen LogP contribution in [0.5, 0.6) is 5.88 Å². The Kier molecular flexibility index (Phi) is 6.22. The Labute approximate surface area is 177 Å². The molecule has 0 aliphatic rings. The predicted molar refractivity (Wildman–Crippen MR) is 113 cm³/mol. The number of halogens is 3. The van der Waals surface area contributed by atoms with Gasteiger partial charge in [-0.05, 0) is 56.2 Å². The van der Waals surface area contributed by atoms with E-state index >= 15 is 0 Å². The third-order valence-electron chi connectivity index (χ3n) is 4.98. The zero-order chi connectivity index (χ0) is 22.9. The maximum atomic E-state index is 13.4. The van der Waals surface area contributed by atoms with Gasteiger partial charge in [0.05, 0.1) is 29.8 Å². The molecule has 2 aromatic carbocycles. The Morgan fingerprint density at radius 2 is 1.74 bits per heavy atom. The molecular formula is C23H23F3N2O3. The average molecular weight is 432 g/mol. The number of aromatic hydroxyl groups is 1. The molecule has 1 aromatic heterocycles. The molecule has 8 heteroatoms. The number of hydrogen-bond acceptors (Lipinski definition) is 4. The molecule has 0 saturated carbocycles. The van der Waals surface area contributed by atoms with E-state index in [0.29, 0.717) is 16.8 Å². The van der Waals surface area contributed by atoms with Crippen molar-refractivity contribution in [2.45, 2.75) is 33.4 Å². The SMILES string of the molecule is CC(=NCC(=O)CCO)c1c(O)n(-c2cc(C)cc(C)c2)c2cc(C(F)(F)F)ccc12. The van der Waals surface area contributed by atoms with Gasteiger partial charge in [0.2, 0.25) is 5.88 Å². The molecule has 0 saturated heterocycles. The molecule has 164 valence electrons. The van der Waals surface area contributed by atoms with E-state index in [4.69, 9.17) is 5.11 Å². The van der Waals surface area contributed by atoms with Crippen molar-refractivity contribution >= 4 is 22.4 Å². The number of carbonyl (C=O) groups is 1. The number of rotatable bonds is 6. The lowest BCUT2D eigenvalue weighted by Crippen LogP contribution is -2.07. The van der Waals surface area contributed by atoms with E-state index in [1.807, 2.05) is 19.9 Å². The van der Waals surface area contributed by atoms with Gasteiger partial charge in [-0.2, -0.15) is 13.2 Å². The van der Waals surface area contributed by atoms with E-state index in [-0.39, 0.29) is 42.3 Å². The van der Waals surface area contributed by atoms with Gasteiger partial charge in [-0.1, -0.05) is 12.1 Å². The smallest absolute Gasteiger partial charge is 0.416 e. The quantitative estimate of drug-likeness (QED) is 0.553. The van der Waals surface area contributed by atoms with Crippen LogP contribution in [-0.4, -0.2) is 39.4 Å². The Bertz CT molecular complexity index is 1160. The number of Topliss-reactive ketones (excluding diaryl/α,β-unsaturated/α-hetero) is 1. The van der Waals surface area contributed by atoms with Crippen LogP contribution in [0, 0.1) is 13.8 Å². The van der Waals surface area contributed by atoms with Crippen molar-refractivity contribution in [1.29, 1.82) is 0 Å². The minimum atomic E-state index is -4.54. The van der Waals surface area contributed by atoms with E-state index in [0.717, 1.165) is 23.3 Å². The lowest BCUT2D eigenvalue weighted by atomic mass is 10.1. The fraction of sp³-hybridized carbons (Fsp3) is 0.304. The molecule has 0 amide bonds. The average Bonchev–Trinajstić information content (AvgIpc) is 2.96. The van der Waals surface area contributed by atoms with Gasteiger partial charge >= 0.3 is 6.18 Å². The summed E-state index contributed by atoms with van der Waals surface area (Å²) in [6, 6.07) is 8.73. The Morgan fingerprint density at radius 1 is 1.10 bits per heavy atom. The molecule has 3 rings (SSSR count). The maximum absolute atomic E-state index is 13.4. The molecule has 3 aromatic rings. The fourth-order valence-electron chi connectivity index (χ4n) is 3.64. The van der Waals surface area contributed by atoms with Gasteiger partial charge in [-0.25, -0.2) is 0 Å². The summed E-state index contributed by atoms with van der Waals surface area (Å²) in [5.41, 5.74) is 2.24. The molecule has 0 aliphatic carbocycles. The Hall–Kier alpha value is -3.13. The molecule has 0 spiro atoms. The minimum absolute atomic E-state index is 0.0396. The van der Waals surface area contributed by atoms with Gasteiger partial charge in [-0.15, -0.1) is 0 Å². The second-order valence-electron chi connectivity index (χ2n) is 7.52. The highest BCUT2D eigenvalue weighted by atomic mass is 19.4. The van der Waals surface area contributed by atoms with E-state index in [1.54, 1.807) is 19.1 Å². The first-order valence-corrected chi connectivity index (χ1v) is 9.70. The molecule has 0 radical (unpaired) electrons. The molecule has 0 unspecified atom stereocenters. The molecule has 31 heavy (non-hydrogen) atoms. The summed E-state index contributed by atoms with van der Waals surface area (Å²) in [6.45, 7) is 4.83. The third-order valence-corrected chi connectivity index (χ3v) is 4.98.